The van der Waals surface area contributed by atoms with E-state index in [0.29, 0.717) is 19.0 Å². The van der Waals surface area contributed by atoms with Gasteiger partial charge >= 0.3 is 6.18 Å². The molecule has 1 aromatic rings. The van der Waals surface area contributed by atoms with Crippen molar-refractivity contribution in [3.63, 3.8) is 0 Å². The van der Waals surface area contributed by atoms with E-state index in [-0.39, 0.29) is 17.9 Å². The van der Waals surface area contributed by atoms with E-state index in [2.05, 4.69) is 15.2 Å². The fraction of sp³-hybridized carbons (Fsp3) is 0.706. The van der Waals surface area contributed by atoms with Crippen molar-refractivity contribution in [2.45, 2.75) is 50.9 Å². The van der Waals surface area contributed by atoms with Crippen molar-refractivity contribution in [1.82, 2.24) is 19.8 Å². The SMILES string of the molecule is O=C1CCCC(CN2CCC(Cn3cnc(C(F)(F)F)cc3=O)CC2)N1. The number of piperidine rings is 2. The van der Waals surface area contributed by atoms with E-state index in [1.807, 2.05) is 0 Å². The first-order valence-corrected chi connectivity index (χ1v) is 8.96. The van der Waals surface area contributed by atoms with Gasteiger partial charge in [0.05, 0.1) is 6.33 Å². The molecule has 0 saturated carbocycles. The lowest BCUT2D eigenvalue weighted by Crippen LogP contribution is -2.48. The lowest BCUT2D eigenvalue weighted by atomic mass is 9.95. The maximum Gasteiger partial charge on any atom is 0.433 e. The fourth-order valence-corrected chi connectivity index (χ4v) is 3.68. The minimum atomic E-state index is -4.60. The number of likely N-dealkylation sites (tertiary alicyclic amines) is 1. The molecule has 2 fully saturated rings. The van der Waals surface area contributed by atoms with Crippen LogP contribution in [-0.2, 0) is 17.5 Å². The Morgan fingerprint density at radius 1 is 1.15 bits per heavy atom. The molecule has 1 aromatic heterocycles. The molecule has 1 unspecified atom stereocenters. The molecule has 0 spiro atoms. The normalized spacial score (nSPS) is 23.0. The van der Waals surface area contributed by atoms with Crippen LogP contribution in [0.15, 0.2) is 17.2 Å². The highest BCUT2D eigenvalue weighted by Crippen LogP contribution is 2.26. The van der Waals surface area contributed by atoms with E-state index in [1.165, 1.54) is 4.57 Å². The van der Waals surface area contributed by atoms with Crippen LogP contribution in [0, 0.1) is 5.92 Å². The van der Waals surface area contributed by atoms with Gasteiger partial charge in [-0.2, -0.15) is 13.2 Å². The van der Waals surface area contributed by atoms with Crippen LogP contribution in [0.3, 0.4) is 0 Å². The number of hydrogen-bond acceptors (Lipinski definition) is 4. The number of rotatable bonds is 4. The molecule has 1 amide bonds. The van der Waals surface area contributed by atoms with Gasteiger partial charge in [-0.25, -0.2) is 4.98 Å². The Balaban J connectivity index is 1.49. The zero-order valence-electron chi connectivity index (χ0n) is 14.5. The van der Waals surface area contributed by atoms with Crippen molar-refractivity contribution >= 4 is 5.91 Å². The first-order chi connectivity index (χ1) is 12.3. The summed E-state index contributed by atoms with van der Waals surface area (Å²) in [4.78, 5) is 29.0. The smallest absolute Gasteiger partial charge is 0.352 e. The molecule has 3 heterocycles. The number of hydrogen-bond donors (Lipinski definition) is 1. The Labute approximate surface area is 149 Å². The molecule has 0 radical (unpaired) electrons. The van der Waals surface area contributed by atoms with Crippen molar-refractivity contribution in [3.05, 3.63) is 28.4 Å². The number of alkyl halides is 3. The lowest BCUT2D eigenvalue weighted by Gasteiger charge is -2.35. The van der Waals surface area contributed by atoms with E-state index in [1.54, 1.807) is 0 Å². The number of halogens is 3. The molecule has 3 rings (SSSR count). The number of nitrogens with one attached hydrogen (secondary N) is 1. The highest BCUT2D eigenvalue weighted by atomic mass is 19.4. The summed E-state index contributed by atoms with van der Waals surface area (Å²) in [6.45, 7) is 2.94. The van der Waals surface area contributed by atoms with Crippen LogP contribution in [0.4, 0.5) is 13.2 Å². The quantitative estimate of drug-likeness (QED) is 0.873. The molecular formula is C17H23F3N4O2. The molecule has 2 aliphatic rings. The monoisotopic (exact) mass is 372 g/mol. The van der Waals surface area contributed by atoms with Crippen molar-refractivity contribution in [2.24, 2.45) is 5.92 Å². The van der Waals surface area contributed by atoms with E-state index in [4.69, 9.17) is 0 Å². The van der Waals surface area contributed by atoms with Crippen molar-refractivity contribution < 1.29 is 18.0 Å². The maximum atomic E-state index is 12.6. The van der Waals surface area contributed by atoms with Crippen LogP contribution in [-0.4, -0.2) is 46.0 Å². The Hall–Kier alpha value is -1.90. The topological polar surface area (TPSA) is 67.2 Å². The molecule has 26 heavy (non-hydrogen) atoms. The van der Waals surface area contributed by atoms with Gasteiger partial charge in [0.15, 0.2) is 5.69 Å². The Morgan fingerprint density at radius 3 is 2.50 bits per heavy atom. The van der Waals surface area contributed by atoms with E-state index < -0.39 is 17.4 Å². The fourth-order valence-electron chi connectivity index (χ4n) is 3.68. The highest BCUT2D eigenvalue weighted by Gasteiger charge is 2.33. The summed E-state index contributed by atoms with van der Waals surface area (Å²) in [5.41, 5.74) is -1.82. The molecule has 9 heteroatoms. The molecule has 2 aliphatic heterocycles. The predicted molar refractivity (Wildman–Crippen MR) is 88.4 cm³/mol. The first kappa shape index (κ1) is 18.9. The Morgan fingerprint density at radius 2 is 1.88 bits per heavy atom. The molecule has 0 aromatic carbocycles. The zero-order chi connectivity index (χ0) is 18.7. The average Bonchev–Trinajstić information content (AvgIpc) is 2.57. The van der Waals surface area contributed by atoms with Gasteiger partial charge in [-0.1, -0.05) is 0 Å². The van der Waals surface area contributed by atoms with Gasteiger partial charge in [0, 0.05) is 31.6 Å². The second kappa shape index (κ2) is 7.77. The third kappa shape index (κ3) is 4.84. The highest BCUT2D eigenvalue weighted by molar-refractivity contribution is 5.76. The Kier molecular flexibility index (Phi) is 5.64. The van der Waals surface area contributed by atoms with E-state index in [9.17, 15) is 22.8 Å². The average molecular weight is 372 g/mol. The largest absolute Gasteiger partial charge is 0.433 e. The number of carbonyl (C=O) groups is 1. The van der Waals surface area contributed by atoms with Crippen molar-refractivity contribution in [2.75, 3.05) is 19.6 Å². The molecule has 0 aliphatic carbocycles. The van der Waals surface area contributed by atoms with Crippen LogP contribution >= 0.6 is 0 Å². The third-order valence-electron chi connectivity index (χ3n) is 5.13. The molecule has 2 saturated heterocycles. The van der Waals surface area contributed by atoms with Gasteiger partial charge in [-0.15, -0.1) is 0 Å². The number of nitrogens with zero attached hydrogens (tertiary/aromatic N) is 3. The summed E-state index contributed by atoms with van der Waals surface area (Å²) in [5, 5.41) is 3.01. The molecule has 144 valence electrons. The summed E-state index contributed by atoms with van der Waals surface area (Å²) in [5.74, 6) is 0.355. The number of amides is 1. The van der Waals surface area contributed by atoms with E-state index in [0.717, 1.165) is 51.6 Å². The second-order valence-electron chi connectivity index (χ2n) is 7.16. The van der Waals surface area contributed by atoms with Crippen LogP contribution < -0.4 is 10.9 Å². The van der Waals surface area contributed by atoms with Crippen molar-refractivity contribution in [3.8, 4) is 0 Å². The molecule has 6 nitrogen and oxygen atoms in total. The minimum absolute atomic E-state index is 0.116. The summed E-state index contributed by atoms with van der Waals surface area (Å²) >= 11 is 0. The third-order valence-corrected chi connectivity index (χ3v) is 5.13. The van der Waals surface area contributed by atoms with Crippen LogP contribution in [0.1, 0.15) is 37.8 Å². The predicted octanol–water partition coefficient (Wildman–Crippen LogP) is 1.64. The molecule has 1 atom stereocenters. The van der Waals surface area contributed by atoms with Gasteiger partial charge in [-0.3, -0.25) is 14.2 Å². The summed E-state index contributed by atoms with van der Waals surface area (Å²) in [6.07, 6.45) is 0.666. The molecule has 0 bridgehead atoms. The standard InChI is InChI=1S/C17H23F3N4O2/c18-17(19,20)14-8-16(26)24(11-21-14)9-12-4-6-23(7-5-12)10-13-2-1-3-15(25)22-13/h8,11-13H,1-7,9-10H2,(H,22,25). The summed E-state index contributed by atoms with van der Waals surface area (Å²) < 4.78 is 39.0. The number of aromatic nitrogens is 2. The molecule has 1 N–H and O–H groups in total. The minimum Gasteiger partial charge on any atom is -0.352 e. The van der Waals surface area contributed by atoms with Crippen molar-refractivity contribution in [1.29, 1.82) is 0 Å². The number of carbonyl (C=O) groups excluding carboxylic acids is 1. The zero-order valence-corrected chi connectivity index (χ0v) is 14.5. The molecular weight excluding hydrogens is 349 g/mol. The first-order valence-electron chi connectivity index (χ1n) is 8.96. The second-order valence-corrected chi connectivity index (χ2v) is 7.16. The van der Waals surface area contributed by atoms with Crippen LogP contribution in [0.25, 0.3) is 0 Å². The van der Waals surface area contributed by atoms with Gasteiger partial charge in [0.1, 0.15) is 0 Å². The summed E-state index contributed by atoms with van der Waals surface area (Å²) in [7, 11) is 0. The summed E-state index contributed by atoms with van der Waals surface area (Å²) in [6, 6.07) is 0.760. The van der Waals surface area contributed by atoms with E-state index >= 15 is 0 Å². The van der Waals surface area contributed by atoms with Gasteiger partial charge in [0.2, 0.25) is 5.91 Å². The van der Waals surface area contributed by atoms with Crippen LogP contribution in [0.2, 0.25) is 0 Å². The lowest BCUT2D eigenvalue weighted by molar-refractivity contribution is -0.141. The van der Waals surface area contributed by atoms with Gasteiger partial charge in [0.25, 0.3) is 5.56 Å². The van der Waals surface area contributed by atoms with Gasteiger partial charge < -0.3 is 10.2 Å². The maximum absolute atomic E-state index is 12.6. The Bertz CT molecular complexity index is 696. The van der Waals surface area contributed by atoms with Gasteiger partial charge in [-0.05, 0) is 44.7 Å². The van der Waals surface area contributed by atoms with Crippen LogP contribution in [0.5, 0.6) is 0 Å².